The van der Waals surface area contributed by atoms with Crippen LogP contribution in [0.1, 0.15) is 11.1 Å². The second-order valence-electron chi connectivity index (χ2n) is 6.71. The zero-order valence-electron chi connectivity index (χ0n) is 18.1. The summed E-state index contributed by atoms with van der Waals surface area (Å²) < 4.78 is 20.9. The Labute approximate surface area is 183 Å². The van der Waals surface area contributed by atoms with Gasteiger partial charge in [-0.15, -0.1) is 0 Å². The van der Waals surface area contributed by atoms with E-state index >= 15 is 0 Å². The molecule has 31 heavy (non-hydrogen) atoms. The Balaban J connectivity index is 2.14. The zero-order chi connectivity index (χ0) is 23.0. The Morgan fingerprint density at radius 2 is 1.03 bits per heavy atom. The van der Waals surface area contributed by atoms with E-state index in [1.165, 1.54) is 40.6 Å². The first-order chi connectivity index (χ1) is 14.8. The van der Waals surface area contributed by atoms with Crippen molar-refractivity contribution in [1.82, 2.24) is 0 Å². The molecule has 0 bridgehead atoms. The molecule has 0 aromatic heterocycles. The maximum Gasteiger partial charge on any atom is 0.169 e. The van der Waals surface area contributed by atoms with Crippen LogP contribution in [0.4, 0.5) is 0 Å². The lowest BCUT2D eigenvalue weighted by Gasteiger charge is -2.17. The van der Waals surface area contributed by atoms with Crippen LogP contribution >= 0.6 is 0 Å². The van der Waals surface area contributed by atoms with Crippen molar-refractivity contribution in [2.45, 2.75) is 0 Å². The maximum absolute atomic E-state index is 12.6. The minimum atomic E-state index is -1.71. The predicted octanol–water partition coefficient (Wildman–Crippen LogP) is 4.24. The molecule has 0 atom stereocenters. The first-order valence-electron chi connectivity index (χ1n) is 9.36. The summed E-state index contributed by atoms with van der Waals surface area (Å²) in [5.41, 5.74) is -0.301. The van der Waals surface area contributed by atoms with Gasteiger partial charge >= 0.3 is 0 Å². The van der Waals surface area contributed by atoms with Crippen molar-refractivity contribution in [3.8, 4) is 23.0 Å². The molecule has 0 aliphatic carbocycles. The van der Waals surface area contributed by atoms with Gasteiger partial charge in [-0.3, -0.25) is 9.59 Å². The summed E-state index contributed by atoms with van der Waals surface area (Å²) in [6, 6.07) is 10.4. The monoisotopic (exact) mass is 422 g/mol. The number of allylic oxidation sites excluding steroid dienone is 2. The van der Waals surface area contributed by atoms with Gasteiger partial charge in [0.25, 0.3) is 0 Å². The Morgan fingerprint density at radius 1 is 0.677 bits per heavy atom. The molecule has 0 N–H and O–H groups in total. The number of benzene rings is 2. The summed E-state index contributed by atoms with van der Waals surface area (Å²) in [5, 5.41) is 0. The molecule has 0 saturated heterocycles. The van der Waals surface area contributed by atoms with Gasteiger partial charge in [0.2, 0.25) is 0 Å². The minimum absolute atomic E-state index is 0.524. The molecule has 0 unspecified atom stereocenters. The van der Waals surface area contributed by atoms with E-state index in [0.29, 0.717) is 34.1 Å². The third-order valence-electron chi connectivity index (χ3n) is 4.61. The van der Waals surface area contributed by atoms with E-state index in [9.17, 15) is 9.59 Å². The molecular formula is C25H26O6. The molecule has 0 aliphatic rings. The van der Waals surface area contributed by atoms with Crippen molar-refractivity contribution in [2.24, 2.45) is 5.41 Å². The fourth-order valence-corrected chi connectivity index (χ4v) is 2.70. The van der Waals surface area contributed by atoms with Crippen LogP contribution in [0.15, 0.2) is 48.6 Å². The summed E-state index contributed by atoms with van der Waals surface area (Å²) in [6.07, 6.45) is 5.70. The second-order valence-corrected chi connectivity index (χ2v) is 6.71. The van der Waals surface area contributed by atoms with E-state index in [-0.39, 0.29) is 0 Å². The fraction of sp³-hybridized carbons (Fsp3) is 0.200. The van der Waals surface area contributed by atoms with Crippen LogP contribution in [0.3, 0.4) is 0 Å². The average Bonchev–Trinajstić information content (AvgIpc) is 2.80. The zero-order valence-corrected chi connectivity index (χ0v) is 18.1. The largest absolute Gasteiger partial charge is 0.493 e. The number of hydrogen-bond acceptors (Lipinski definition) is 6. The van der Waals surface area contributed by atoms with E-state index < -0.39 is 17.0 Å². The lowest BCUT2D eigenvalue weighted by atomic mass is 9.82. The van der Waals surface area contributed by atoms with Crippen LogP contribution in [0, 0.1) is 19.3 Å². The highest BCUT2D eigenvalue weighted by Crippen LogP contribution is 2.29. The van der Waals surface area contributed by atoms with E-state index in [1.807, 2.05) is 0 Å². The Kier molecular flexibility index (Phi) is 8.02. The molecule has 0 amide bonds. The topological polar surface area (TPSA) is 71.1 Å². The van der Waals surface area contributed by atoms with Crippen molar-refractivity contribution < 1.29 is 28.5 Å². The fourth-order valence-electron chi connectivity index (χ4n) is 2.70. The maximum atomic E-state index is 12.6. The first-order valence-corrected chi connectivity index (χ1v) is 9.36. The number of ketones is 2. The smallest absolute Gasteiger partial charge is 0.169 e. The minimum Gasteiger partial charge on any atom is -0.493 e. The van der Waals surface area contributed by atoms with Crippen LogP contribution in [-0.4, -0.2) is 40.0 Å². The summed E-state index contributed by atoms with van der Waals surface area (Å²) in [7, 11) is 6.13. The highest BCUT2D eigenvalue weighted by molar-refractivity contribution is 6.18. The van der Waals surface area contributed by atoms with Crippen LogP contribution in [0.5, 0.6) is 23.0 Å². The van der Waals surface area contributed by atoms with E-state index in [2.05, 4.69) is 13.8 Å². The van der Waals surface area contributed by atoms with Gasteiger partial charge in [-0.1, -0.05) is 24.3 Å². The Hall–Kier alpha value is -3.54. The van der Waals surface area contributed by atoms with Crippen LogP contribution in [-0.2, 0) is 9.59 Å². The average molecular weight is 422 g/mol. The Morgan fingerprint density at radius 3 is 1.35 bits per heavy atom. The van der Waals surface area contributed by atoms with Crippen molar-refractivity contribution in [3.63, 3.8) is 0 Å². The highest BCUT2D eigenvalue weighted by Gasteiger charge is 2.32. The summed E-state index contributed by atoms with van der Waals surface area (Å²) in [4.78, 5) is 25.2. The van der Waals surface area contributed by atoms with Gasteiger partial charge < -0.3 is 18.9 Å². The third-order valence-corrected chi connectivity index (χ3v) is 4.61. The molecule has 2 aromatic rings. The predicted molar refractivity (Wildman–Crippen MR) is 120 cm³/mol. The van der Waals surface area contributed by atoms with Crippen LogP contribution in [0.2, 0.25) is 0 Å². The molecule has 162 valence electrons. The van der Waals surface area contributed by atoms with Gasteiger partial charge in [-0.05, 0) is 61.4 Å². The van der Waals surface area contributed by atoms with Crippen molar-refractivity contribution in [2.75, 3.05) is 28.4 Å². The summed E-state index contributed by atoms with van der Waals surface area (Å²) in [5.74, 6) is 1.16. The lowest BCUT2D eigenvalue weighted by Crippen LogP contribution is -2.31. The molecule has 2 radical (unpaired) electrons. The summed E-state index contributed by atoms with van der Waals surface area (Å²) >= 11 is 0. The lowest BCUT2D eigenvalue weighted by molar-refractivity contribution is -0.129. The first kappa shape index (κ1) is 23.7. The second kappa shape index (κ2) is 10.5. The van der Waals surface area contributed by atoms with Crippen molar-refractivity contribution in [1.29, 1.82) is 0 Å². The molecule has 0 saturated carbocycles. The van der Waals surface area contributed by atoms with Crippen LogP contribution in [0.25, 0.3) is 12.2 Å². The summed E-state index contributed by atoms with van der Waals surface area (Å²) in [6.45, 7) is 7.43. The number of rotatable bonds is 10. The van der Waals surface area contributed by atoms with E-state index in [1.54, 1.807) is 48.6 Å². The van der Waals surface area contributed by atoms with Gasteiger partial charge in [0.15, 0.2) is 34.6 Å². The number of carbonyl (C=O) groups is 2. The molecular weight excluding hydrogens is 396 g/mol. The molecule has 0 heterocycles. The van der Waals surface area contributed by atoms with Crippen molar-refractivity contribution in [3.05, 3.63) is 73.5 Å². The van der Waals surface area contributed by atoms with Crippen molar-refractivity contribution >= 4 is 23.7 Å². The molecule has 6 nitrogen and oxygen atoms in total. The SMILES string of the molecule is [CH2]C([CH2])(C(=O)/C=C/c1ccc(OC)c(OC)c1)C(=O)/C=C/c1ccc(OC)c(OC)c1. The van der Waals surface area contributed by atoms with E-state index in [4.69, 9.17) is 18.9 Å². The quantitative estimate of drug-likeness (QED) is 0.421. The number of carbonyl (C=O) groups excluding carboxylic acids is 2. The van der Waals surface area contributed by atoms with Gasteiger partial charge in [-0.25, -0.2) is 0 Å². The van der Waals surface area contributed by atoms with E-state index in [0.717, 1.165) is 0 Å². The molecule has 0 aliphatic heterocycles. The molecule has 6 heteroatoms. The third kappa shape index (κ3) is 5.75. The van der Waals surface area contributed by atoms with Gasteiger partial charge in [0.05, 0.1) is 33.9 Å². The Bertz CT molecular complexity index is 922. The van der Waals surface area contributed by atoms with Gasteiger partial charge in [-0.2, -0.15) is 0 Å². The normalized spacial score (nSPS) is 11.5. The van der Waals surface area contributed by atoms with Gasteiger partial charge in [0.1, 0.15) is 0 Å². The molecule has 0 fully saturated rings. The molecule has 0 spiro atoms. The van der Waals surface area contributed by atoms with Crippen LogP contribution < -0.4 is 18.9 Å². The number of ether oxygens (including phenoxy) is 4. The molecule has 2 rings (SSSR count). The molecule has 2 aromatic carbocycles. The number of hydrogen-bond donors (Lipinski definition) is 0. The van der Waals surface area contributed by atoms with Gasteiger partial charge in [0, 0.05) is 0 Å². The standard InChI is InChI=1S/C25H26O6/c1-25(2,23(26)13-9-17-7-11-19(28-3)21(15-17)30-5)24(27)14-10-18-8-12-20(29-4)22(16-18)31-6/h7-16H,1-2H2,3-6H3/b13-9+,14-10+. The highest BCUT2D eigenvalue weighted by atomic mass is 16.5. The number of methoxy groups -OCH3 is 4.